The number of hydrogen-bond donors (Lipinski definition) is 2. The zero-order chi connectivity index (χ0) is 9.14. The van der Waals surface area contributed by atoms with Crippen molar-refractivity contribution in [3.05, 3.63) is 11.9 Å². The van der Waals surface area contributed by atoms with Crippen LogP contribution in [0.25, 0.3) is 0 Å². The minimum absolute atomic E-state index is 0.115. The molecular weight excluding hydrogens is 162 g/mol. The molecular formula is C6H9N3O3. The highest BCUT2D eigenvalue weighted by Gasteiger charge is 2.08. The largest absolute Gasteiger partial charge is 0.476 e. The summed E-state index contributed by atoms with van der Waals surface area (Å²) in [7, 11) is 0. The van der Waals surface area contributed by atoms with Gasteiger partial charge in [-0.2, -0.15) is 0 Å². The number of aromatic carboxylic acids is 1. The average Bonchev–Trinajstić information content (AvgIpc) is 2.34. The molecule has 1 aromatic heterocycles. The number of carbonyl (C=O) groups is 1. The van der Waals surface area contributed by atoms with Crippen LogP contribution in [0.5, 0.6) is 0 Å². The first-order chi connectivity index (χ1) is 5.59. The highest BCUT2D eigenvalue weighted by Crippen LogP contribution is 1.94. The first-order valence-electron chi connectivity index (χ1n) is 3.41. The molecule has 6 nitrogen and oxygen atoms in total. The first kappa shape index (κ1) is 8.66. The van der Waals surface area contributed by atoms with E-state index in [0.29, 0.717) is 0 Å². The van der Waals surface area contributed by atoms with Crippen LogP contribution in [0.3, 0.4) is 0 Å². The van der Waals surface area contributed by atoms with E-state index in [1.807, 2.05) is 0 Å². The summed E-state index contributed by atoms with van der Waals surface area (Å²) < 4.78 is 1.29. The molecule has 0 fully saturated rings. The molecule has 1 atom stereocenters. The van der Waals surface area contributed by atoms with Gasteiger partial charge in [0, 0.05) is 0 Å². The summed E-state index contributed by atoms with van der Waals surface area (Å²) in [5.41, 5.74) is -0.115. The number of hydrogen-bond acceptors (Lipinski definition) is 4. The number of aliphatic hydroxyl groups excluding tert-OH is 1. The normalized spacial score (nSPS) is 12.8. The van der Waals surface area contributed by atoms with Crippen LogP contribution in [0.2, 0.25) is 0 Å². The molecule has 0 radical (unpaired) electrons. The Bertz CT molecular complexity index is 281. The van der Waals surface area contributed by atoms with E-state index in [1.165, 1.54) is 10.9 Å². The Morgan fingerprint density at radius 1 is 1.83 bits per heavy atom. The maximum Gasteiger partial charge on any atom is 0.358 e. The topological polar surface area (TPSA) is 88.2 Å². The predicted octanol–water partition coefficient (Wildman–Crippen LogP) is -0.643. The smallest absolute Gasteiger partial charge is 0.358 e. The second-order valence-corrected chi connectivity index (χ2v) is 2.48. The van der Waals surface area contributed by atoms with Crippen LogP contribution >= 0.6 is 0 Å². The minimum Gasteiger partial charge on any atom is -0.476 e. The highest BCUT2D eigenvalue weighted by atomic mass is 16.4. The fourth-order valence-corrected chi connectivity index (χ4v) is 0.756. The zero-order valence-electron chi connectivity index (χ0n) is 6.51. The zero-order valence-corrected chi connectivity index (χ0v) is 6.51. The Labute approximate surface area is 68.4 Å². The van der Waals surface area contributed by atoms with Crippen LogP contribution in [0.4, 0.5) is 0 Å². The summed E-state index contributed by atoms with van der Waals surface area (Å²) in [6.07, 6.45) is 0.711. The third kappa shape index (κ3) is 2.03. The van der Waals surface area contributed by atoms with Crippen molar-refractivity contribution in [2.24, 2.45) is 0 Å². The number of rotatable bonds is 3. The lowest BCUT2D eigenvalue weighted by Gasteiger charge is -2.00. The van der Waals surface area contributed by atoms with Crippen molar-refractivity contribution in [3.63, 3.8) is 0 Å². The fraction of sp³-hybridized carbons (Fsp3) is 0.500. The summed E-state index contributed by atoms with van der Waals surface area (Å²) >= 11 is 0. The predicted molar refractivity (Wildman–Crippen MR) is 38.7 cm³/mol. The van der Waals surface area contributed by atoms with E-state index in [0.717, 1.165) is 0 Å². The lowest BCUT2D eigenvalue weighted by molar-refractivity contribution is 0.0690. The Morgan fingerprint density at radius 3 is 2.92 bits per heavy atom. The summed E-state index contributed by atoms with van der Waals surface area (Å²) in [6.45, 7) is 1.84. The van der Waals surface area contributed by atoms with Crippen molar-refractivity contribution in [2.45, 2.75) is 19.6 Å². The van der Waals surface area contributed by atoms with Crippen LogP contribution in [0.15, 0.2) is 6.20 Å². The van der Waals surface area contributed by atoms with E-state index in [-0.39, 0.29) is 12.2 Å². The molecule has 66 valence electrons. The molecule has 12 heavy (non-hydrogen) atoms. The molecule has 2 N–H and O–H groups in total. The van der Waals surface area contributed by atoms with Gasteiger partial charge in [0.2, 0.25) is 0 Å². The van der Waals surface area contributed by atoms with E-state index in [9.17, 15) is 4.79 Å². The van der Waals surface area contributed by atoms with Gasteiger partial charge in [0.05, 0.1) is 18.8 Å². The number of aromatic nitrogens is 3. The molecule has 0 aliphatic carbocycles. The van der Waals surface area contributed by atoms with Gasteiger partial charge in [-0.05, 0) is 6.92 Å². The van der Waals surface area contributed by atoms with E-state index in [1.54, 1.807) is 6.92 Å². The summed E-state index contributed by atoms with van der Waals surface area (Å²) in [4.78, 5) is 10.3. The van der Waals surface area contributed by atoms with Gasteiger partial charge < -0.3 is 10.2 Å². The number of carboxylic acid groups (broad SMARTS) is 1. The van der Waals surface area contributed by atoms with Gasteiger partial charge >= 0.3 is 5.97 Å². The summed E-state index contributed by atoms with van der Waals surface area (Å²) in [5, 5.41) is 24.2. The lowest BCUT2D eigenvalue weighted by Crippen LogP contribution is -2.12. The highest BCUT2D eigenvalue weighted by molar-refractivity contribution is 5.84. The third-order valence-corrected chi connectivity index (χ3v) is 1.21. The molecule has 1 unspecified atom stereocenters. The summed E-state index contributed by atoms with van der Waals surface area (Å²) in [6, 6.07) is 0. The Morgan fingerprint density at radius 2 is 2.50 bits per heavy atom. The monoisotopic (exact) mass is 171 g/mol. The maximum absolute atomic E-state index is 10.3. The molecule has 0 aliphatic rings. The van der Waals surface area contributed by atoms with Gasteiger partial charge in [-0.1, -0.05) is 5.21 Å². The van der Waals surface area contributed by atoms with Crippen molar-refractivity contribution >= 4 is 5.97 Å². The molecule has 6 heteroatoms. The SMILES string of the molecule is CC(O)Cn1cc(C(=O)O)nn1. The molecule has 0 aromatic carbocycles. The van der Waals surface area contributed by atoms with Crippen LogP contribution in [-0.4, -0.2) is 37.3 Å². The standard InChI is InChI=1S/C6H9N3O3/c1-4(10)2-9-3-5(6(11)12)7-8-9/h3-4,10H,2H2,1H3,(H,11,12). The quantitative estimate of drug-likeness (QED) is 0.631. The lowest BCUT2D eigenvalue weighted by atomic mass is 10.4. The van der Waals surface area contributed by atoms with E-state index < -0.39 is 12.1 Å². The van der Waals surface area contributed by atoms with Crippen molar-refractivity contribution < 1.29 is 15.0 Å². The average molecular weight is 171 g/mol. The van der Waals surface area contributed by atoms with Gasteiger partial charge in [-0.25, -0.2) is 9.48 Å². The molecule has 0 saturated carbocycles. The van der Waals surface area contributed by atoms with Gasteiger partial charge in [0.25, 0.3) is 0 Å². The van der Waals surface area contributed by atoms with Crippen molar-refractivity contribution in [1.82, 2.24) is 15.0 Å². The van der Waals surface area contributed by atoms with Crippen molar-refractivity contribution in [1.29, 1.82) is 0 Å². The molecule has 0 spiro atoms. The fourth-order valence-electron chi connectivity index (χ4n) is 0.756. The molecule has 0 aliphatic heterocycles. The Balaban J connectivity index is 2.71. The van der Waals surface area contributed by atoms with Gasteiger partial charge in [0.15, 0.2) is 5.69 Å². The molecule has 1 heterocycles. The Hall–Kier alpha value is -1.43. The van der Waals surface area contributed by atoms with E-state index in [2.05, 4.69) is 10.3 Å². The molecule has 0 amide bonds. The number of carboxylic acids is 1. The van der Waals surface area contributed by atoms with Gasteiger partial charge in [0.1, 0.15) is 0 Å². The summed E-state index contributed by atoms with van der Waals surface area (Å²) in [5.74, 6) is -1.12. The van der Waals surface area contributed by atoms with Crippen molar-refractivity contribution in [3.8, 4) is 0 Å². The Kier molecular flexibility index (Phi) is 2.39. The second-order valence-electron chi connectivity index (χ2n) is 2.48. The van der Waals surface area contributed by atoms with E-state index >= 15 is 0 Å². The van der Waals surface area contributed by atoms with Crippen molar-refractivity contribution in [2.75, 3.05) is 0 Å². The van der Waals surface area contributed by atoms with E-state index in [4.69, 9.17) is 10.2 Å². The molecule has 0 saturated heterocycles. The van der Waals surface area contributed by atoms with Crippen LogP contribution in [-0.2, 0) is 6.54 Å². The second kappa shape index (κ2) is 3.31. The van der Waals surface area contributed by atoms with Gasteiger partial charge in [-0.15, -0.1) is 5.10 Å². The van der Waals surface area contributed by atoms with Crippen LogP contribution in [0, 0.1) is 0 Å². The minimum atomic E-state index is -1.12. The molecule has 1 rings (SSSR count). The third-order valence-electron chi connectivity index (χ3n) is 1.21. The van der Waals surface area contributed by atoms with Crippen LogP contribution in [0.1, 0.15) is 17.4 Å². The molecule has 1 aromatic rings. The number of aliphatic hydroxyl groups is 1. The van der Waals surface area contributed by atoms with Crippen LogP contribution < -0.4 is 0 Å². The first-order valence-corrected chi connectivity index (χ1v) is 3.41. The molecule has 0 bridgehead atoms. The maximum atomic E-state index is 10.3. The number of nitrogens with zero attached hydrogens (tertiary/aromatic N) is 3. The van der Waals surface area contributed by atoms with Gasteiger partial charge in [-0.3, -0.25) is 0 Å².